The highest BCUT2D eigenvalue weighted by atomic mass is 16.3. The maximum atomic E-state index is 6.54. The molecule has 9 aromatic carbocycles. The van der Waals surface area contributed by atoms with Crippen molar-refractivity contribution in [2.75, 3.05) is 4.90 Å². The molecular formula is C49H30N2O. The van der Waals surface area contributed by atoms with Crippen LogP contribution in [0.4, 0.5) is 17.1 Å². The fourth-order valence-electron chi connectivity index (χ4n) is 8.13. The van der Waals surface area contributed by atoms with Crippen LogP contribution in [0.1, 0.15) is 0 Å². The van der Waals surface area contributed by atoms with Crippen molar-refractivity contribution < 1.29 is 4.42 Å². The molecule has 11 aromatic rings. The van der Waals surface area contributed by atoms with Gasteiger partial charge in [-0.15, -0.1) is 0 Å². The van der Waals surface area contributed by atoms with Gasteiger partial charge in [0.1, 0.15) is 11.2 Å². The van der Waals surface area contributed by atoms with Crippen LogP contribution in [0.5, 0.6) is 0 Å². The second-order valence-electron chi connectivity index (χ2n) is 13.6. The van der Waals surface area contributed by atoms with E-state index < -0.39 is 0 Å². The minimum Gasteiger partial charge on any atom is -0.456 e. The molecule has 0 aliphatic rings. The maximum Gasteiger partial charge on any atom is 0.137 e. The second-order valence-corrected chi connectivity index (χ2v) is 13.6. The smallest absolute Gasteiger partial charge is 0.137 e. The summed E-state index contributed by atoms with van der Waals surface area (Å²) in [4.78, 5) is 6.91. The van der Waals surface area contributed by atoms with E-state index in [-0.39, 0.29) is 0 Å². The standard InChI is InChI=1S/C49H30N2O/c1-2-9-33-26-34(16-15-31(33)8-1)32-17-19-36(20-18-32)51(38-22-24-44-46-27-35-10-7-25-50-47(35)30-49(46)52-48(44)29-38)37-21-23-43-41-13-4-3-11-39(41)40-12-5-6-14-42(40)45(43)28-37/h1-30H. The highest BCUT2D eigenvalue weighted by molar-refractivity contribution is 6.26. The van der Waals surface area contributed by atoms with E-state index in [1.807, 2.05) is 18.3 Å². The van der Waals surface area contributed by atoms with Crippen molar-refractivity contribution in [2.45, 2.75) is 0 Å². The van der Waals surface area contributed by atoms with E-state index >= 15 is 0 Å². The molecule has 0 saturated carbocycles. The van der Waals surface area contributed by atoms with Crippen LogP contribution < -0.4 is 4.90 Å². The fraction of sp³-hybridized carbons (Fsp3) is 0. The molecule has 0 bridgehead atoms. The Morgan fingerprint density at radius 3 is 1.69 bits per heavy atom. The summed E-state index contributed by atoms with van der Waals surface area (Å²) in [6.07, 6.45) is 1.83. The number of hydrogen-bond donors (Lipinski definition) is 0. The maximum absolute atomic E-state index is 6.54. The topological polar surface area (TPSA) is 29.3 Å². The Hall–Kier alpha value is -6.97. The van der Waals surface area contributed by atoms with Crippen LogP contribution in [0.3, 0.4) is 0 Å². The van der Waals surface area contributed by atoms with Crippen molar-refractivity contribution in [2.24, 2.45) is 0 Å². The molecule has 0 atom stereocenters. The Bertz CT molecular complexity index is 3160. The largest absolute Gasteiger partial charge is 0.456 e. The predicted molar refractivity (Wildman–Crippen MR) is 219 cm³/mol. The molecule has 0 aliphatic carbocycles. The molecule has 0 amide bonds. The normalized spacial score (nSPS) is 11.8. The number of pyridine rings is 1. The van der Waals surface area contributed by atoms with Crippen molar-refractivity contribution in [1.29, 1.82) is 0 Å². The Kier molecular flexibility index (Phi) is 6.25. The minimum atomic E-state index is 0.841. The van der Waals surface area contributed by atoms with Gasteiger partial charge in [0.15, 0.2) is 0 Å². The number of nitrogens with zero attached hydrogens (tertiary/aromatic N) is 2. The van der Waals surface area contributed by atoms with Crippen molar-refractivity contribution in [3.63, 3.8) is 0 Å². The Morgan fingerprint density at radius 2 is 0.923 bits per heavy atom. The second kappa shape index (κ2) is 11.3. The molecule has 242 valence electrons. The van der Waals surface area contributed by atoms with E-state index in [4.69, 9.17) is 4.42 Å². The Labute approximate surface area is 299 Å². The van der Waals surface area contributed by atoms with Gasteiger partial charge in [-0.05, 0) is 109 Å². The van der Waals surface area contributed by atoms with E-state index in [1.54, 1.807) is 0 Å². The lowest BCUT2D eigenvalue weighted by atomic mass is 9.94. The molecular weight excluding hydrogens is 633 g/mol. The van der Waals surface area contributed by atoms with Gasteiger partial charge in [0.05, 0.1) is 5.52 Å². The molecule has 0 saturated heterocycles. The summed E-state index contributed by atoms with van der Waals surface area (Å²) >= 11 is 0. The molecule has 52 heavy (non-hydrogen) atoms. The van der Waals surface area contributed by atoms with Gasteiger partial charge < -0.3 is 9.32 Å². The lowest BCUT2D eigenvalue weighted by molar-refractivity contribution is 0.669. The number of fused-ring (bicyclic) bond motifs is 11. The zero-order chi connectivity index (χ0) is 34.2. The summed E-state index contributed by atoms with van der Waals surface area (Å²) in [7, 11) is 0. The summed E-state index contributed by atoms with van der Waals surface area (Å²) in [5, 5.41) is 13.3. The van der Waals surface area contributed by atoms with Crippen LogP contribution in [0.2, 0.25) is 0 Å². The van der Waals surface area contributed by atoms with Gasteiger partial charge in [0, 0.05) is 51.6 Å². The molecule has 0 spiro atoms. The monoisotopic (exact) mass is 662 g/mol. The van der Waals surface area contributed by atoms with Gasteiger partial charge in [-0.1, -0.05) is 109 Å². The lowest BCUT2D eigenvalue weighted by Gasteiger charge is -2.26. The molecule has 0 fully saturated rings. The quantitative estimate of drug-likeness (QED) is 0.176. The van der Waals surface area contributed by atoms with Gasteiger partial charge in [-0.2, -0.15) is 0 Å². The van der Waals surface area contributed by atoms with Crippen LogP contribution in [0, 0.1) is 0 Å². The van der Waals surface area contributed by atoms with Crippen molar-refractivity contribution >= 4 is 93.0 Å². The molecule has 0 unspecified atom stereocenters. The highest BCUT2D eigenvalue weighted by Gasteiger charge is 2.18. The third-order valence-corrected chi connectivity index (χ3v) is 10.6. The van der Waals surface area contributed by atoms with Crippen LogP contribution in [-0.4, -0.2) is 4.98 Å². The van der Waals surface area contributed by atoms with Crippen molar-refractivity contribution in [3.8, 4) is 11.1 Å². The van der Waals surface area contributed by atoms with E-state index in [1.165, 1.54) is 54.2 Å². The average molecular weight is 663 g/mol. The summed E-state index contributed by atoms with van der Waals surface area (Å²) in [6.45, 7) is 0. The first-order valence-electron chi connectivity index (χ1n) is 17.7. The fourth-order valence-corrected chi connectivity index (χ4v) is 8.13. The van der Waals surface area contributed by atoms with E-state index in [0.717, 1.165) is 49.9 Å². The minimum absolute atomic E-state index is 0.841. The first-order valence-corrected chi connectivity index (χ1v) is 17.7. The molecule has 0 aliphatic heterocycles. The molecule has 2 aromatic heterocycles. The SMILES string of the molecule is c1ccc2cc(-c3ccc(N(c4ccc5c(c4)oc4cc6ncccc6cc45)c4ccc5c6ccccc6c6ccccc6c5c4)cc3)ccc2c1. The molecule has 11 rings (SSSR count). The molecule has 3 nitrogen and oxygen atoms in total. The van der Waals surface area contributed by atoms with Crippen LogP contribution >= 0.6 is 0 Å². The van der Waals surface area contributed by atoms with Crippen LogP contribution in [0.15, 0.2) is 187 Å². The van der Waals surface area contributed by atoms with Gasteiger partial charge in [0.25, 0.3) is 0 Å². The number of anilines is 3. The first kappa shape index (κ1) is 28.8. The number of hydrogen-bond acceptors (Lipinski definition) is 3. The third-order valence-electron chi connectivity index (χ3n) is 10.6. The number of rotatable bonds is 4. The summed E-state index contributed by atoms with van der Waals surface area (Å²) in [5.74, 6) is 0. The van der Waals surface area contributed by atoms with Gasteiger partial charge in [0.2, 0.25) is 0 Å². The Balaban J connectivity index is 1.11. The number of aromatic nitrogens is 1. The van der Waals surface area contributed by atoms with E-state index in [0.29, 0.717) is 0 Å². The molecule has 0 N–H and O–H groups in total. The summed E-state index contributed by atoms with van der Waals surface area (Å²) in [6, 6.07) is 63.4. The average Bonchev–Trinajstić information content (AvgIpc) is 3.56. The van der Waals surface area contributed by atoms with Crippen molar-refractivity contribution in [1.82, 2.24) is 4.98 Å². The Morgan fingerprint density at radius 1 is 0.346 bits per heavy atom. The molecule has 3 heteroatoms. The van der Waals surface area contributed by atoms with Crippen LogP contribution in [0.25, 0.3) is 87.1 Å². The van der Waals surface area contributed by atoms with Gasteiger partial charge in [-0.25, -0.2) is 0 Å². The summed E-state index contributed by atoms with van der Waals surface area (Å²) in [5.41, 5.74) is 8.17. The lowest BCUT2D eigenvalue weighted by Crippen LogP contribution is -2.09. The highest BCUT2D eigenvalue weighted by Crippen LogP contribution is 2.43. The predicted octanol–water partition coefficient (Wildman–Crippen LogP) is 13.9. The van der Waals surface area contributed by atoms with E-state index in [9.17, 15) is 0 Å². The van der Waals surface area contributed by atoms with E-state index in [2.05, 4.69) is 174 Å². The van der Waals surface area contributed by atoms with Crippen LogP contribution in [-0.2, 0) is 0 Å². The van der Waals surface area contributed by atoms with Gasteiger partial charge >= 0.3 is 0 Å². The first-order chi connectivity index (χ1) is 25.7. The van der Waals surface area contributed by atoms with Gasteiger partial charge in [-0.3, -0.25) is 4.98 Å². The number of benzene rings is 9. The third kappa shape index (κ3) is 4.50. The van der Waals surface area contributed by atoms with Crippen molar-refractivity contribution in [3.05, 3.63) is 182 Å². The zero-order valence-electron chi connectivity index (χ0n) is 28.1. The number of furan rings is 1. The molecule has 2 heterocycles. The zero-order valence-corrected chi connectivity index (χ0v) is 28.1. The molecule has 0 radical (unpaired) electrons. The summed E-state index contributed by atoms with van der Waals surface area (Å²) < 4.78 is 6.54.